The summed E-state index contributed by atoms with van der Waals surface area (Å²) >= 11 is 0. The van der Waals surface area contributed by atoms with Crippen molar-refractivity contribution in [2.24, 2.45) is 5.92 Å². The van der Waals surface area contributed by atoms with E-state index < -0.39 is 0 Å². The lowest BCUT2D eigenvalue weighted by Crippen LogP contribution is -2.41. The quantitative estimate of drug-likeness (QED) is 0.757. The lowest BCUT2D eigenvalue weighted by Gasteiger charge is -2.32. The van der Waals surface area contributed by atoms with E-state index >= 15 is 0 Å². The van der Waals surface area contributed by atoms with E-state index in [1.165, 1.54) is 70.9 Å². The van der Waals surface area contributed by atoms with Gasteiger partial charge in [0.05, 0.1) is 0 Å². The molecule has 1 saturated carbocycles. The molecule has 1 N–H and O–H groups in total. The van der Waals surface area contributed by atoms with E-state index in [-0.39, 0.29) is 0 Å². The zero-order valence-corrected chi connectivity index (χ0v) is 12.0. The van der Waals surface area contributed by atoms with Gasteiger partial charge in [0.1, 0.15) is 0 Å². The van der Waals surface area contributed by atoms with E-state index in [2.05, 4.69) is 17.1 Å². The Labute approximate surface area is 113 Å². The molecule has 0 amide bonds. The van der Waals surface area contributed by atoms with Gasteiger partial charge >= 0.3 is 0 Å². The Hall–Kier alpha value is -0.0800. The summed E-state index contributed by atoms with van der Waals surface area (Å²) in [5.74, 6) is 1.02. The predicted octanol–water partition coefficient (Wildman–Crippen LogP) is 3.17. The van der Waals surface area contributed by atoms with E-state index in [9.17, 15) is 0 Å². The number of likely N-dealkylation sites (tertiary alicyclic amines) is 1. The third-order valence-electron chi connectivity index (χ3n) is 5.71. The van der Waals surface area contributed by atoms with Crippen LogP contribution in [0.5, 0.6) is 0 Å². The molecule has 2 heterocycles. The Bertz CT molecular complexity index is 266. The van der Waals surface area contributed by atoms with E-state index in [0.29, 0.717) is 0 Å². The first-order valence-electron chi connectivity index (χ1n) is 8.35. The minimum absolute atomic E-state index is 0.808. The summed E-state index contributed by atoms with van der Waals surface area (Å²) in [5.41, 5.74) is 0. The van der Waals surface area contributed by atoms with Gasteiger partial charge in [0.2, 0.25) is 0 Å². The van der Waals surface area contributed by atoms with Crippen molar-refractivity contribution >= 4 is 0 Å². The van der Waals surface area contributed by atoms with Gasteiger partial charge in [-0.25, -0.2) is 0 Å². The van der Waals surface area contributed by atoms with Gasteiger partial charge in [-0.15, -0.1) is 0 Å². The summed E-state index contributed by atoms with van der Waals surface area (Å²) in [4.78, 5) is 2.84. The van der Waals surface area contributed by atoms with E-state index in [1.807, 2.05) is 0 Å². The van der Waals surface area contributed by atoms with Crippen LogP contribution >= 0.6 is 0 Å². The van der Waals surface area contributed by atoms with Crippen molar-refractivity contribution in [1.29, 1.82) is 0 Å². The van der Waals surface area contributed by atoms with Crippen LogP contribution in [0.4, 0.5) is 0 Å². The van der Waals surface area contributed by atoms with Crippen LogP contribution in [0, 0.1) is 5.92 Å². The minimum Gasteiger partial charge on any atom is -0.310 e. The van der Waals surface area contributed by atoms with Gasteiger partial charge in [-0.3, -0.25) is 4.90 Å². The van der Waals surface area contributed by atoms with Crippen molar-refractivity contribution in [2.45, 2.75) is 82.8 Å². The first-order chi connectivity index (χ1) is 8.85. The maximum Gasteiger partial charge on any atom is 0.0198 e. The molecule has 3 rings (SSSR count). The zero-order chi connectivity index (χ0) is 12.4. The van der Waals surface area contributed by atoms with Gasteiger partial charge in [0.25, 0.3) is 0 Å². The summed E-state index contributed by atoms with van der Waals surface area (Å²) in [5, 5.41) is 3.82. The van der Waals surface area contributed by atoms with Gasteiger partial charge in [-0.1, -0.05) is 26.2 Å². The summed E-state index contributed by atoms with van der Waals surface area (Å²) in [6, 6.07) is 2.56. The summed E-state index contributed by atoms with van der Waals surface area (Å²) in [6.07, 6.45) is 13.0. The Morgan fingerprint density at radius 3 is 2.72 bits per heavy atom. The third-order valence-corrected chi connectivity index (χ3v) is 5.71. The largest absolute Gasteiger partial charge is 0.310 e. The fourth-order valence-electron chi connectivity index (χ4n) is 4.43. The maximum atomic E-state index is 3.82. The average Bonchev–Trinajstić information content (AvgIpc) is 2.59. The fourth-order valence-corrected chi connectivity index (χ4v) is 4.43. The highest BCUT2D eigenvalue weighted by molar-refractivity contribution is 4.91. The molecule has 2 aliphatic heterocycles. The Kier molecular flexibility index (Phi) is 4.25. The number of fused-ring (bicyclic) bond motifs is 2. The predicted molar refractivity (Wildman–Crippen MR) is 76.8 cm³/mol. The molecule has 0 aromatic carbocycles. The molecule has 0 spiro atoms. The molecule has 4 unspecified atom stereocenters. The maximum absolute atomic E-state index is 3.82. The smallest absolute Gasteiger partial charge is 0.0198 e. The van der Waals surface area contributed by atoms with Crippen LogP contribution in [0.1, 0.15) is 64.7 Å². The van der Waals surface area contributed by atoms with Crippen LogP contribution in [0.15, 0.2) is 0 Å². The highest BCUT2D eigenvalue weighted by Crippen LogP contribution is 2.30. The van der Waals surface area contributed by atoms with Gasteiger partial charge in [0, 0.05) is 24.7 Å². The van der Waals surface area contributed by atoms with Crippen molar-refractivity contribution < 1.29 is 0 Å². The van der Waals surface area contributed by atoms with Crippen molar-refractivity contribution in [3.63, 3.8) is 0 Å². The topological polar surface area (TPSA) is 15.3 Å². The van der Waals surface area contributed by atoms with Crippen LogP contribution in [0.2, 0.25) is 0 Å². The van der Waals surface area contributed by atoms with E-state index in [4.69, 9.17) is 0 Å². The molecular weight excluding hydrogens is 220 g/mol. The molecule has 3 fully saturated rings. The standard InChI is InChI=1S/C16H30N2/c1-2-13-4-3-5-16(9-6-13)18-11-10-14-7-8-15(12-18)17-14/h13-17H,2-12H2,1H3. The first-order valence-corrected chi connectivity index (χ1v) is 8.35. The van der Waals surface area contributed by atoms with Gasteiger partial charge < -0.3 is 5.32 Å². The number of hydrogen-bond donors (Lipinski definition) is 1. The lowest BCUT2D eigenvalue weighted by atomic mass is 9.97. The third kappa shape index (κ3) is 2.91. The number of hydrogen-bond acceptors (Lipinski definition) is 2. The Morgan fingerprint density at radius 2 is 1.83 bits per heavy atom. The Balaban J connectivity index is 1.57. The summed E-state index contributed by atoms with van der Waals surface area (Å²) in [7, 11) is 0. The van der Waals surface area contributed by atoms with Crippen molar-refractivity contribution in [1.82, 2.24) is 10.2 Å². The first kappa shape index (κ1) is 12.9. The minimum atomic E-state index is 0.808. The molecule has 0 radical (unpaired) electrons. The normalized spacial score (nSPS) is 42.5. The molecule has 1 aliphatic carbocycles. The lowest BCUT2D eigenvalue weighted by molar-refractivity contribution is 0.169. The molecular formula is C16H30N2. The van der Waals surface area contributed by atoms with Crippen LogP contribution in [0.25, 0.3) is 0 Å². The van der Waals surface area contributed by atoms with Crippen molar-refractivity contribution in [3.8, 4) is 0 Å². The highest BCUT2D eigenvalue weighted by atomic mass is 15.2. The SMILES string of the molecule is CCC1CCCC(N2CCC3CCC(C2)N3)CC1. The second-order valence-corrected chi connectivity index (χ2v) is 6.86. The Morgan fingerprint density at radius 1 is 0.944 bits per heavy atom. The molecule has 18 heavy (non-hydrogen) atoms. The van der Waals surface area contributed by atoms with Gasteiger partial charge in [-0.05, 0) is 51.0 Å². The fraction of sp³-hybridized carbons (Fsp3) is 1.00. The molecule has 0 aromatic heterocycles. The second-order valence-electron chi connectivity index (χ2n) is 6.86. The highest BCUT2D eigenvalue weighted by Gasteiger charge is 2.32. The second kappa shape index (κ2) is 5.92. The van der Waals surface area contributed by atoms with Crippen LogP contribution in [-0.2, 0) is 0 Å². The average molecular weight is 250 g/mol. The van der Waals surface area contributed by atoms with Crippen LogP contribution < -0.4 is 5.32 Å². The van der Waals surface area contributed by atoms with Gasteiger partial charge in [-0.2, -0.15) is 0 Å². The van der Waals surface area contributed by atoms with Crippen LogP contribution in [0.3, 0.4) is 0 Å². The molecule has 2 nitrogen and oxygen atoms in total. The van der Waals surface area contributed by atoms with Crippen molar-refractivity contribution in [2.75, 3.05) is 13.1 Å². The monoisotopic (exact) mass is 250 g/mol. The molecule has 2 saturated heterocycles. The molecule has 2 heteroatoms. The van der Waals surface area contributed by atoms with Gasteiger partial charge in [0.15, 0.2) is 0 Å². The molecule has 0 aromatic rings. The number of rotatable bonds is 2. The summed E-state index contributed by atoms with van der Waals surface area (Å²) < 4.78 is 0. The number of nitrogens with one attached hydrogen (secondary N) is 1. The van der Waals surface area contributed by atoms with E-state index in [1.54, 1.807) is 0 Å². The molecule has 4 atom stereocenters. The number of nitrogens with zero attached hydrogens (tertiary/aromatic N) is 1. The molecule has 104 valence electrons. The van der Waals surface area contributed by atoms with Crippen molar-refractivity contribution in [3.05, 3.63) is 0 Å². The van der Waals surface area contributed by atoms with E-state index in [0.717, 1.165) is 24.0 Å². The molecule has 2 bridgehead atoms. The van der Waals surface area contributed by atoms with Crippen LogP contribution in [-0.4, -0.2) is 36.1 Å². The summed E-state index contributed by atoms with van der Waals surface area (Å²) in [6.45, 7) is 5.06. The zero-order valence-electron chi connectivity index (χ0n) is 12.0. The molecule has 3 aliphatic rings.